The van der Waals surface area contributed by atoms with Gasteiger partial charge in [0.2, 0.25) is 0 Å². The van der Waals surface area contributed by atoms with Crippen molar-refractivity contribution in [3.8, 4) is 5.75 Å². The van der Waals surface area contributed by atoms with Gasteiger partial charge in [-0.15, -0.1) is 0 Å². The molecule has 22 heavy (non-hydrogen) atoms. The highest BCUT2D eigenvalue weighted by atomic mass is 79.9. The first-order valence-corrected chi connectivity index (χ1v) is 7.71. The van der Waals surface area contributed by atoms with Gasteiger partial charge in [-0.25, -0.2) is 0 Å². The van der Waals surface area contributed by atoms with Crippen LogP contribution in [0.3, 0.4) is 0 Å². The molecular formula is C17H19BrN2O2. The second-order valence-electron chi connectivity index (χ2n) is 5.32. The molecule has 2 rings (SSSR count). The van der Waals surface area contributed by atoms with E-state index in [1.165, 1.54) is 0 Å². The van der Waals surface area contributed by atoms with E-state index >= 15 is 0 Å². The topological polar surface area (TPSA) is 64.3 Å². The van der Waals surface area contributed by atoms with Crippen molar-refractivity contribution in [3.05, 3.63) is 51.5 Å². The molecule has 116 valence electrons. The van der Waals surface area contributed by atoms with Gasteiger partial charge < -0.3 is 15.8 Å². The van der Waals surface area contributed by atoms with Crippen molar-refractivity contribution >= 4 is 33.2 Å². The van der Waals surface area contributed by atoms with Gasteiger partial charge in [-0.1, -0.05) is 12.1 Å². The van der Waals surface area contributed by atoms with Crippen LogP contribution in [0.15, 0.2) is 34.8 Å². The van der Waals surface area contributed by atoms with Crippen LogP contribution in [0.5, 0.6) is 5.75 Å². The second-order valence-corrected chi connectivity index (χ2v) is 6.17. The summed E-state index contributed by atoms with van der Waals surface area (Å²) in [5.74, 6) is 0.431. The molecule has 1 amide bonds. The van der Waals surface area contributed by atoms with Crippen LogP contribution in [0.1, 0.15) is 16.7 Å². The summed E-state index contributed by atoms with van der Waals surface area (Å²) in [4.78, 5) is 12.0. The van der Waals surface area contributed by atoms with E-state index in [9.17, 15) is 4.79 Å². The van der Waals surface area contributed by atoms with E-state index in [0.717, 1.165) is 21.2 Å². The first-order valence-electron chi connectivity index (χ1n) is 6.92. The van der Waals surface area contributed by atoms with Crippen molar-refractivity contribution in [2.75, 3.05) is 17.7 Å². The standard InChI is InChI=1S/C17H19BrN2O2/c1-10-4-5-15(14(19)8-10)20-16(21)9-22-17-12(3)6-11(2)7-13(17)18/h4-8H,9,19H2,1-3H3,(H,20,21). The second kappa shape index (κ2) is 6.83. The van der Waals surface area contributed by atoms with Crippen LogP contribution in [0.2, 0.25) is 0 Å². The average Bonchev–Trinajstić information content (AvgIpc) is 2.40. The summed E-state index contributed by atoms with van der Waals surface area (Å²) in [5.41, 5.74) is 10.2. The van der Waals surface area contributed by atoms with Crippen LogP contribution in [0.4, 0.5) is 11.4 Å². The first-order chi connectivity index (χ1) is 10.4. The Morgan fingerprint density at radius 1 is 1.18 bits per heavy atom. The van der Waals surface area contributed by atoms with Gasteiger partial charge in [0, 0.05) is 0 Å². The third-order valence-electron chi connectivity index (χ3n) is 3.20. The van der Waals surface area contributed by atoms with Gasteiger partial charge in [-0.3, -0.25) is 4.79 Å². The lowest BCUT2D eigenvalue weighted by atomic mass is 10.1. The summed E-state index contributed by atoms with van der Waals surface area (Å²) in [6, 6.07) is 9.47. The summed E-state index contributed by atoms with van der Waals surface area (Å²) in [6.07, 6.45) is 0. The molecule has 0 atom stereocenters. The lowest BCUT2D eigenvalue weighted by Gasteiger charge is -2.13. The number of hydrogen-bond donors (Lipinski definition) is 2. The van der Waals surface area contributed by atoms with Crippen LogP contribution in [-0.4, -0.2) is 12.5 Å². The first kappa shape index (κ1) is 16.4. The molecule has 0 saturated carbocycles. The molecule has 0 aromatic heterocycles. The Labute approximate surface area is 138 Å². The van der Waals surface area contributed by atoms with Crippen LogP contribution >= 0.6 is 15.9 Å². The highest BCUT2D eigenvalue weighted by Crippen LogP contribution is 2.30. The number of nitrogens with one attached hydrogen (secondary N) is 1. The monoisotopic (exact) mass is 362 g/mol. The number of aryl methyl sites for hydroxylation is 3. The quantitative estimate of drug-likeness (QED) is 0.808. The van der Waals surface area contributed by atoms with Crippen molar-refractivity contribution < 1.29 is 9.53 Å². The van der Waals surface area contributed by atoms with Crippen molar-refractivity contribution in [1.29, 1.82) is 0 Å². The van der Waals surface area contributed by atoms with Gasteiger partial charge in [0.05, 0.1) is 15.8 Å². The van der Waals surface area contributed by atoms with E-state index in [1.54, 1.807) is 6.07 Å². The Kier molecular flexibility index (Phi) is 5.08. The third-order valence-corrected chi connectivity index (χ3v) is 3.79. The fourth-order valence-electron chi connectivity index (χ4n) is 2.21. The number of amides is 1. The van der Waals surface area contributed by atoms with E-state index in [0.29, 0.717) is 17.1 Å². The molecule has 5 heteroatoms. The van der Waals surface area contributed by atoms with Gasteiger partial charge in [0.1, 0.15) is 5.75 Å². The minimum Gasteiger partial charge on any atom is -0.482 e. The predicted molar refractivity (Wildman–Crippen MR) is 93.3 cm³/mol. The van der Waals surface area contributed by atoms with E-state index in [2.05, 4.69) is 21.2 Å². The number of anilines is 2. The molecule has 0 radical (unpaired) electrons. The van der Waals surface area contributed by atoms with Crippen molar-refractivity contribution in [3.63, 3.8) is 0 Å². The number of ether oxygens (including phenoxy) is 1. The zero-order chi connectivity index (χ0) is 16.3. The van der Waals surface area contributed by atoms with Crippen molar-refractivity contribution in [2.24, 2.45) is 0 Å². The zero-order valence-corrected chi connectivity index (χ0v) is 14.5. The number of rotatable bonds is 4. The lowest BCUT2D eigenvalue weighted by molar-refractivity contribution is -0.118. The van der Waals surface area contributed by atoms with Gasteiger partial charge in [-0.2, -0.15) is 0 Å². The fraction of sp³-hybridized carbons (Fsp3) is 0.235. The molecule has 2 aromatic rings. The molecule has 3 N–H and O–H groups in total. The fourth-order valence-corrected chi connectivity index (χ4v) is 2.99. The van der Waals surface area contributed by atoms with Gasteiger partial charge >= 0.3 is 0 Å². The molecule has 0 spiro atoms. The van der Waals surface area contributed by atoms with Crippen LogP contribution in [-0.2, 0) is 4.79 Å². The molecule has 0 unspecified atom stereocenters. The van der Waals surface area contributed by atoms with Crippen LogP contribution in [0.25, 0.3) is 0 Å². The highest BCUT2D eigenvalue weighted by Gasteiger charge is 2.10. The van der Waals surface area contributed by atoms with E-state index < -0.39 is 0 Å². The maximum Gasteiger partial charge on any atom is 0.262 e. The van der Waals surface area contributed by atoms with E-state index in [1.807, 2.05) is 45.0 Å². The summed E-state index contributed by atoms with van der Waals surface area (Å²) in [7, 11) is 0. The highest BCUT2D eigenvalue weighted by molar-refractivity contribution is 9.10. The number of carbonyl (C=O) groups excluding carboxylic acids is 1. The average molecular weight is 363 g/mol. The molecule has 0 aliphatic heterocycles. The molecule has 0 aliphatic rings. The number of hydrogen-bond acceptors (Lipinski definition) is 3. The Balaban J connectivity index is 2.02. The Hall–Kier alpha value is -2.01. The van der Waals surface area contributed by atoms with E-state index in [4.69, 9.17) is 10.5 Å². The van der Waals surface area contributed by atoms with Gasteiger partial charge in [-0.05, 0) is 71.6 Å². The molecule has 0 saturated heterocycles. The normalized spacial score (nSPS) is 10.4. The summed E-state index contributed by atoms with van der Waals surface area (Å²) < 4.78 is 6.46. The number of halogens is 1. The van der Waals surface area contributed by atoms with Gasteiger partial charge in [0.15, 0.2) is 6.61 Å². The number of nitrogens with two attached hydrogens (primary N) is 1. The predicted octanol–water partition coefficient (Wildman–Crippen LogP) is 3.97. The number of benzene rings is 2. The third kappa shape index (κ3) is 4.01. The Morgan fingerprint density at radius 3 is 2.55 bits per heavy atom. The molecule has 2 aromatic carbocycles. The largest absolute Gasteiger partial charge is 0.482 e. The summed E-state index contributed by atoms with van der Waals surface area (Å²) in [6.45, 7) is 5.83. The maximum atomic E-state index is 12.0. The molecule has 0 bridgehead atoms. The summed E-state index contributed by atoms with van der Waals surface area (Å²) in [5, 5.41) is 2.75. The van der Waals surface area contributed by atoms with Crippen LogP contribution in [0, 0.1) is 20.8 Å². The van der Waals surface area contributed by atoms with E-state index in [-0.39, 0.29) is 12.5 Å². The number of nitrogen functional groups attached to an aromatic ring is 1. The zero-order valence-electron chi connectivity index (χ0n) is 12.9. The molecule has 0 fully saturated rings. The SMILES string of the molecule is Cc1ccc(NC(=O)COc2c(C)cc(C)cc2Br)c(N)c1. The smallest absolute Gasteiger partial charge is 0.262 e. The molecule has 0 heterocycles. The Morgan fingerprint density at radius 2 is 1.91 bits per heavy atom. The minimum atomic E-state index is -0.248. The lowest BCUT2D eigenvalue weighted by Crippen LogP contribution is -2.21. The van der Waals surface area contributed by atoms with Crippen molar-refractivity contribution in [1.82, 2.24) is 0 Å². The maximum absolute atomic E-state index is 12.0. The number of carbonyl (C=O) groups is 1. The molecule has 0 aliphatic carbocycles. The summed E-state index contributed by atoms with van der Waals surface area (Å²) >= 11 is 3.46. The van der Waals surface area contributed by atoms with Crippen molar-refractivity contribution in [2.45, 2.75) is 20.8 Å². The Bertz CT molecular complexity index is 691. The minimum absolute atomic E-state index is 0.0736. The molecule has 4 nitrogen and oxygen atoms in total. The van der Waals surface area contributed by atoms with Gasteiger partial charge in [0.25, 0.3) is 5.91 Å². The molecular weight excluding hydrogens is 344 g/mol. The van der Waals surface area contributed by atoms with Crippen LogP contribution < -0.4 is 15.8 Å².